The van der Waals surface area contributed by atoms with Gasteiger partial charge in [0.05, 0.1) is 5.69 Å². The normalized spacial score (nSPS) is 13.1. The Labute approximate surface area is 280 Å². The summed E-state index contributed by atoms with van der Waals surface area (Å²) < 4.78 is 2.63. The molecule has 0 fully saturated rings. The Morgan fingerprint density at radius 3 is 1.87 bits per heavy atom. The average Bonchev–Trinajstić information content (AvgIpc) is 3.61. The van der Waals surface area contributed by atoms with Crippen molar-refractivity contribution < 1.29 is 0 Å². The molecule has 0 unspecified atom stereocenters. The molecule has 7 aromatic carbocycles. The van der Waals surface area contributed by atoms with Crippen molar-refractivity contribution in [2.75, 3.05) is 4.90 Å². The van der Waals surface area contributed by atoms with Crippen LogP contribution in [0.4, 0.5) is 17.1 Å². The number of rotatable bonds is 5. The van der Waals surface area contributed by atoms with Crippen molar-refractivity contribution in [1.82, 2.24) is 0 Å². The van der Waals surface area contributed by atoms with Gasteiger partial charge in [0.15, 0.2) is 0 Å². The summed E-state index contributed by atoms with van der Waals surface area (Å²) in [5.74, 6) is 0. The predicted molar refractivity (Wildman–Crippen MR) is 202 cm³/mol. The van der Waals surface area contributed by atoms with Crippen LogP contribution < -0.4 is 4.90 Å². The molecular weight excluding hydrogens is 587 g/mol. The Kier molecular flexibility index (Phi) is 6.41. The van der Waals surface area contributed by atoms with Gasteiger partial charge in [-0.2, -0.15) is 0 Å². The van der Waals surface area contributed by atoms with Crippen LogP contribution in [0.15, 0.2) is 164 Å². The fourth-order valence-electron chi connectivity index (χ4n) is 7.54. The van der Waals surface area contributed by atoms with Crippen molar-refractivity contribution in [3.8, 4) is 33.4 Å². The second kappa shape index (κ2) is 10.8. The zero-order valence-electron chi connectivity index (χ0n) is 26.4. The smallest absolute Gasteiger partial charge is 0.0554 e. The first-order valence-electron chi connectivity index (χ1n) is 16.3. The first-order chi connectivity index (χ1) is 23.1. The number of hydrogen-bond acceptors (Lipinski definition) is 2. The molecule has 0 spiro atoms. The van der Waals surface area contributed by atoms with Gasteiger partial charge in [0.25, 0.3) is 0 Å². The van der Waals surface area contributed by atoms with Crippen LogP contribution >= 0.6 is 11.3 Å². The molecule has 9 rings (SSSR count). The van der Waals surface area contributed by atoms with Gasteiger partial charge >= 0.3 is 0 Å². The van der Waals surface area contributed by atoms with E-state index in [2.05, 4.69) is 183 Å². The van der Waals surface area contributed by atoms with Crippen molar-refractivity contribution in [1.29, 1.82) is 0 Å². The monoisotopic (exact) mass is 619 g/mol. The molecule has 0 saturated heterocycles. The molecule has 0 aliphatic heterocycles. The molecule has 47 heavy (non-hydrogen) atoms. The number of anilines is 3. The minimum Gasteiger partial charge on any atom is -0.310 e. The van der Waals surface area contributed by atoms with Gasteiger partial charge in [-0.3, -0.25) is 0 Å². The van der Waals surface area contributed by atoms with E-state index in [9.17, 15) is 0 Å². The standard InChI is InChI=1S/C45H33NS/c1-45(2)39-19-11-9-17-35(39)36-26-25-34(29-40(36)45)46(33-23-21-31(22-24-33)30-13-5-3-6-14-30)41-28-27-38-37-18-10-12-20-42(37)47-44(38)43(41)32-15-7-4-8-16-32/h3-29H,1-2H3. The van der Waals surface area contributed by atoms with Gasteiger partial charge < -0.3 is 4.90 Å². The van der Waals surface area contributed by atoms with Crippen molar-refractivity contribution in [3.63, 3.8) is 0 Å². The molecule has 0 amide bonds. The summed E-state index contributed by atoms with van der Waals surface area (Å²) in [6.45, 7) is 4.72. The Morgan fingerprint density at radius 1 is 0.468 bits per heavy atom. The summed E-state index contributed by atoms with van der Waals surface area (Å²) in [5, 5.41) is 2.62. The Hall–Kier alpha value is -5.44. The highest BCUT2D eigenvalue weighted by molar-refractivity contribution is 7.26. The molecule has 0 saturated carbocycles. The third-order valence-electron chi connectivity index (χ3n) is 9.89. The quantitative estimate of drug-likeness (QED) is 0.185. The maximum Gasteiger partial charge on any atom is 0.0554 e. The summed E-state index contributed by atoms with van der Waals surface area (Å²) in [6, 6.07) is 60.0. The molecule has 224 valence electrons. The summed E-state index contributed by atoms with van der Waals surface area (Å²) in [4.78, 5) is 2.47. The molecule has 0 atom stereocenters. The van der Waals surface area contributed by atoms with Crippen LogP contribution in [0.25, 0.3) is 53.6 Å². The van der Waals surface area contributed by atoms with E-state index in [-0.39, 0.29) is 5.41 Å². The maximum absolute atomic E-state index is 2.47. The molecule has 1 nitrogen and oxygen atoms in total. The Bertz CT molecular complexity index is 2420. The summed E-state index contributed by atoms with van der Waals surface area (Å²) >= 11 is 1.89. The second-order valence-corrected chi connectivity index (χ2v) is 14.0. The Morgan fingerprint density at radius 2 is 1.09 bits per heavy atom. The van der Waals surface area contributed by atoms with Crippen molar-refractivity contribution in [2.45, 2.75) is 19.3 Å². The van der Waals surface area contributed by atoms with Crippen LogP contribution in [-0.2, 0) is 5.41 Å². The average molecular weight is 620 g/mol. The lowest BCUT2D eigenvalue weighted by Crippen LogP contribution is -2.17. The van der Waals surface area contributed by atoms with Gasteiger partial charge in [0.2, 0.25) is 0 Å². The molecular formula is C45H33NS. The lowest BCUT2D eigenvalue weighted by Gasteiger charge is -2.30. The van der Waals surface area contributed by atoms with Crippen LogP contribution in [0.1, 0.15) is 25.0 Å². The molecule has 1 heterocycles. The highest BCUT2D eigenvalue weighted by Gasteiger charge is 2.36. The fourth-order valence-corrected chi connectivity index (χ4v) is 8.81. The highest BCUT2D eigenvalue weighted by atomic mass is 32.1. The van der Waals surface area contributed by atoms with E-state index in [1.54, 1.807) is 0 Å². The van der Waals surface area contributed by atoms with Gasteiger partial charge in [0.1, 0.15) is 0 Å². The SMILES string of the molecule is CC1(C)c2ccccc2-c2ccc(N(c3ccc(-c4ccccc4)cc3)c3ccc4c(sc5ccccc54)c3-c3ccccc3)cc21. The molecule has 0 N–H and O–H groups in total. The molecule has 8 aromatic rings. The molecule has 1 aromatic heterocycles. The molecule has 1 aliphatic carbocycles. The molecule has 0 radical (unpaired) electrons. The maximum atomic E-state index is 2.47. The van der Waals surface area contributed by atoms with E-state index >= 15 is 0 Å². The zero-order chi connectivity index (χ0) is 31.5. The molecule has 0 bridgehead atoms. The lowest BCUT2D eigenvalue weighted by molar-refractivity contribution is 0.660. The van der Waals surface area contributed by atoms with E-state index in [0.717, 1.165) is 11.4 Å². The number of thiophene rings is 1. The molecule has 2 heteroatoms. The summed E-state index contributed by atoms with van der Waals surface area (Å²) in [5.41, 5.74) is 13.7. The van der Waals surface area contributed by atoms with Gasteiger partial charge in [0, 0.05) is 42.5 Å². The number of benzene rings is 7. The van der Waals surface area contributed by atoms with Crippen LogP contribution in [-0.4, -0.2) is 0 Å². The van der Waals surface area contributed by atoms with Crippen molar-refractivity contribution >= 4 is 48.6 Å². The predicted octanol–water partition coefficient (Wildman–Crippen LogP) is 13.2. The third kappa shape index (κ3) is 4.44. The Balaban J connectivity index is 1.31. The van der Waals surface area contributed by atoms with Crippen LogP contribution in [0, 0.1) is 0 Å². The van der Waals surface area contributed by atoms with E-state index in [1.165, 1.54) is 70.4 Å². The largest absolute Gasteiger partial charge is 0.310 e. The first kappa shape index (κ1) is 27.8. The van der Waals surface area contributed by atoms with Crippen molar-refractivity contribution in [2.24, 2.45) is 0 Å². The van der Waals surface area contributed by atoms with E-state index < -0.39 is 0 Å². The van der Waals surface area contributed by atoms with Crippen LogP contribution in [0.5, 0.6) is 0 Å². The van der Waals surface area contributed by atoms with Crippen molar-refractivity contribution in [3.05, 3.63) is 175 Å². The topological polar surface area (TPSA) is 3.24 Å². The van der Waals surface area contributed by atoms with E-state index in [1.807, 2.05) is 11.3 Å². The molecule has 1 aliphatic rings. The van der Waals surface area contributed by atoms with Gasteiger partial charge in [-0.15, -0.1) is 11.3 Å². The summed E-state index contributed by atoms with van der Waals surface area (Å²) in [7, 11) is 0. The van der Waals surface area contributed by atoms with Gasteiger partial charge in [-0.1, -0.05) is 141 Å². The summed E-state index contributed by atoms with van der Waals surface area (Å²) in [6.07, 6.45) is 0. The van der Waals surface area contributed by atoms with Gasteiger partial charge in [-0.25, -0.2) is 0 Å². The third-order valence-corrected chi connectivity index (χ3v) is 11.1. The minimum absolute atomic E-state index is 0.0948. The number of hydrogen-bond donors (Lipinski definition) is 0. The van der Waals surface area contributed by atoms with E-state index in [0.29, 0.717) is 0 Å². The zero-order valence-corrected chi connectivity index (χ0v) is 27.3. The van der Waals surface area contributed by atoms with Crippen LogP contribution in [0.3, 0.4) is 0 Å². The minimum atomic E-state index is -0.0948. The highest BCUT2D eigenvalue weighted by Crippen LogP contribution is 2.52. The first-order valence-corrected chi connectivity index (χ1v) is 17.1. The number of fused-ring (bicyclic) bond motifs is 6. The lowest BCUT2D eigenvalue weighted by atomic mass is 9.82. The van der Waals surface area contributed by atoms with Crippen LogP contribution in [0.2, 0.25) is 0 Å². The number of nitrogens with zero attached hydrogens (tertiary/aromatic N) is 1. The van der Waals surface area contributed by atoms with Gasteiger partial charge in [-0.05, 0) is 75.3 Å². The van der Waals surface area contributed by atoms with E-state index in [4.69, 9.17) is 0 Å². The second-order valence-electron chi connectivity index (χ2n) is 12.9. The fraction of sp³-hybridized carbons (Fsp3) is 0.0667.